The molecule has 0 N–H and O–H groups in total. The number of para-hydroxylation sites is 1. The summed E-state index contributed by atoms with van der Waals surface area (Å²) in [5, 5.41) is 0.975. The van der Waals surface area contributed by atoms with E-state index in [0.717, 1.165) is 43.7 Å². The van der Waals surface area contributed by atoms with Gasteiger partial charge >= 0.3 is 0 Å². The second kappa shape index (κ2) is 8.44. The van der Waals surface area contributed by atoms with Gasteiger partial charge in [-0.15, -0.1) is 0 Å². The Balaban J connectivity index is 1.40. The fourth-order valence-corrected chi connectivity index (χ4v) is 4.29. The van der Waals surface area contributed by atoms with Crippen molar-refractivity contribution in [2.75, 3.05) is 38.2 Å². The monoisotopic (exact) mass is 416 g/mol. The van der Waals surface area contributed by atoms with Crippen LogP contribution >= 0.6 is 0 Å². The van der Waals surface area contributed by atoms with Crippen molar-refractivity contribution in [3.8, 4) is 17.1 Å². The van der Waals surface area contributed by atoms with E-state index in [-0.39, 0.29) is 5.82 Å². The zero-order valence-electron chi connectivity index (χ0n) is 17.6. The first-order chi connectivity index (χ1) is 15.2. The van der Waals surface area contributed by atoms with E-state index >= 15 is 0 Å². The summed E-state index contributed by atoms with van der Waals surface area (Å²) >= 11 is 0. The van der Waals surface area contributed by atoms with E-state index in [1.165, 1.54) is 11.8 Å². The Morgan fingerprint density at radius 1 is 0.903 bits per heavy atom. The molecule has 1 aliphatic heterocycles. The second-order valence-electron chi connectivity index (χ2n) is 7.86. The number of ether oxygens (including phenoxy) is 1. The van der Waals surface area contributed by atoms with Crippen LogP contribution in [0.1, 0.15) is 5.56 Å². The third-order valence-corrected chi connectivity index (χ3v) is 5.98. The molecular weight excluding hydrogens is 391 g/mol. The summed E-state index contributed by atoms with van der Waals surface area (Å²) in [4.78, 5) is 4.88. The van der Waals surface area contributed by atoms with E-state index in [0.29, 0.717) is 22.7 Å². The maximum absolute atomic E-state index is 14.3. The highest BCUT2D eigenvalue weighted by atomic mass is 19.1. The topological polar surface area (TPSA) is 28.9 Å². The van der Waals surface area contributed by atoms with Gasteiger partial charge in [-0.05, 0) is 42.0 Å². The van der Waals surface area contributed by atoms with E-state index in [1.54, 1.807) is 19.2 Å². The Morgan fingerprint density at radius 2 is 1.65 bits per heavy atom. The fourth-order valence-electron chi connectivity index (χ4n) is 4.29. The number of anilines is 1. The molecule has 4 aromatic rings. The molecule has 0 aliphatic carbocycles. The van der Waals surface area contributed by atoms with Gasteiger partial charge in [-0.25, -0.2) is 4.39 Å². The quantitative estimate of drug-likeness (QED) is 0.425. The van der Waals surface area contributed by atoms with E-state index in [4.69, 9.17) is 9.15 Å². The number of rotatable bonds is 5. The maximum atomic E-state index is 14.3. The molecular formula is C26H25FN2O2. The van der Waals surface area contributed by atoms with Crippen molar-refractivity contribution < 1.29 is 13.5 Å². The van der Waals surface area contributed by atoms with Gasteiger partial charge in [0, 0.05) is 43.8 Å². The van der Waals surface area contributed by atoms with Gasteiger partial charge in [0.25, 0.3) is 0 Å². The van der Waals surface area contributed by atoms with Gasteiger partial charge < -0.3 is 14.1 Å². The number of fused-ring (bicyclic) bond motifs is 1. The van der Waals surface area contributed by atoms with Gasteiger partial charge in [-0.3, -0.25) is 4.90 Å². The third-order valence-electron chi connectivity index (χ3n) is 5.98. The molecule has 31 heavy (non-hydrogen) atoms. The van der Waals surface area contributed by atoms with Crippen LogP contribution in [-0.4, -0.2) is 38.2 Å². The Kier molecular flexibility index (Phi) is 5.35. The molecule has 4 nitrogen and oxygen atoms in total. The number of benzene rings is 3. The van der Waals surface area contributed by atoms with Crippen LogP contribution in [0.3, 0.4) is 0 Å². The molecule has 0 unspecified atom stereocenters. The molecule has 1 fully saturated rings. The van der Waals surface area contributed by atoms with Gasteiger partial charge in [0.2, 0.25) is 0 Å². The summed E-state index contributed by atoms with van der Waals surface area (Å²) in [6.45, 7) is 4.78. The van der Waals surface area contributed by atoms with Crippen LogP contribution in [0.25, 0.3) is 22.3 Å². The van der Waals surface area contributed by atoms with E-state index < -0.39 is 0 Å². The lowest BCUT2D eigenvalue weighted by atomic mass is 10.1. The zero-order valence-corrected chi connectivity index (χ0v) is 17.6. The Hall–Kier alpha value is -3.31. The van der Waals surface area contributed by atoms with Crippen LogP contribution in [-0.2, 0) is 6.54 Å². The molecule has 1 aromatic heterocycles. The Labute approximate surface area is 181 Å². The summed E-state index contributed by atoms with van der Waals surface area (Å²) < 4.78 is 25.9. The van der Waals surface area contributed by atoms with Crippen molar-refractivity contribution >= 4 is 16.7 Å². The van der Waals surface area contributed by atoms with E-state index in [9.17, 15) is 4.39 Å². The van der Waals surface area contributed by atoms with Gasteiger partial charge in [0.05, 0.1) is 12.7 Å². The molecule has 0 saturated carbocycles. The highest BCUT2D eigenvalue weighted by Crippen LogP contribution is 2.37. The molecule has 0 radical (unpaired) electrons. The van der Waals surface area contributed by atoms with Crippen LogP contribution in [0.2, 0.25) is 0 Å². The third kappa shape index (κ3) is 3.89. The maximum Gasteiger partial charge on any atom is 0.176 e. The minimum absolute atomic E-state index is 0.292. The molecule has 1 saturated heterocycles. The first kappa shape index (κ1) is 19.6. The Bertz CT molecular complexity index is 1180. The predicted octanol–water partition coefficient (Wildman–Crippen LogP) is 5.57. The lowest BCUT2D eigenvalue weighted by Crippen LogP contribution is -2.45. The predicted molar refractivity (Wildman–Crippen MR) is 122 cm³/mol. The average molecular weight is 416 g/mol. The molecule has 0 atom stereocenters. The van der Waals surface area contributed by atoms with Crippen molar-refractivity contribution in [3.05, 3.63) is 84.2 Å². The highest BCUT2D eigenvalue weighted by Gasteiger charge is 2.20. The number of furan rings is 1. The lowest BCUT2D eigenvalue weighted by Gasteiger charge is -2.36. The molecule has 158 valence electrons. The minimum atomic E-state index is -0.292. The van der Waals surface area contributed by atoms with Crippen LogP contribution in [0, 0.1) is 5.82 Å². The van der Waals surface area contributed by atoms with Crippen molar-refractivity contribution in [3.63, 3.8) is 0 Å². The van der Waals surface area contributed by atoms with Crippen molar-refractivity contribution in [1.29, 1.82) is 0 Å². The van der Waals surface area contributed by atoms with Gasteiger partial charge in [-0.1, -0.05) is 36.4 Å². The highest BCUT2D eigenvalue weighted by molar-refractivity contribution is 5.90. The van der Waals surface area contributed by atoms with E-state index in [1.807, 2.05) is 18.2 Å². The SMILES string of the molecule is COc1ccc(CN2CCN(c3ccccc3)CC2)c2cc(-c3ccccc3F)oc12. The number of methoxy groups -OCH3 is 1. The molecule has 0 spiro atoms. The summed E-state index contributed by atoms with van der Waals surface area (Å²) in [6.07, 6.45) is 0. The molecule has 2 heterocycles. The van der Waals surface area contributed by atoms with Gasteiger partial charge in [0.15, 0.2) is 11.3 Å². The summed E-state index contributed by atoms with van der Waals surface area (Å²) in [7, 11) is 1.63. The average Bonchev–Trinajstić information content (AvgIpc) is 3.26. The summed E-state index contributed by atoms with van der Waals surface area (Å²) in [5.74, 6) is 0.891. The molecule has 0 amide bonds. The number of piperazine rings is 1. The normalized spacial score (nSPS) is 14.8. The lowest BCUT2D eigenvalue weighted by molar-refractivity contribution is 0.250. The van der Waals surface area contributed by atoms with Crippen molar-refractivity contribution in [2.45, 2.75) is 6.54 Å². The molecule has 5 heteroatoms. The van der Waals surface area contributed by atoms with Crippen LogP contribution < -0.4 is 9.64 Å². The standard InChI is InChI=1S/C26H25FN2O2/c1-30-24-12-11-19(18-28-13-15-29(16-14-28)20-7-3-2-4-8-20)22-17-25(31-26(22)24)21-9-5-6-10-23(21)27/h2-12,17H,13-16,18H2,1H3. The molecule has 1 aliphatic rings. The first-order valence-corrected chi connectivity index (χ1v) is 10.6. The molecule has 3 aromatic carbocycles. The number of nitrogens with zero attached hydrogens (tertiary/aromatic N) is 2. The number of hydrogen-bond donors (Lipinski definition) is 0. The smallest absolute Gasteiger partial charge is 0.176 e. The van der Waals surface area contributed by atoms with Gasteiger partial charge in [0.1, 0.15) is 11.6 Å². The second-order valence-corrected chi connectivity index (χ2v) is 7.86. The summed E-state index contributed by atoms with van der Waals surface area (Å²) in [5.41, 5.74) is 3.57. The van der Waals surface area contributed by atoms with Crippen LogP contribution in [0.15, 0.2) is 77.2 Å². The fraction of sp³-hybridized carbons (Fsp3) is 0.231. The van der Waals surface area contributed by atoms with Crippen molar-refractivity contribution in [1.82, 2.24) is 4.90 Å². The van der Waals surface area contributed by atoms with Crippen LogP contribution in [0.4, 0.5) is 10.1 Å². The number of halogens is 1. The Morgan fingerprint density at radius 3 is 2.39 bits per heavy atom. The van der Waals surface area contributed by atoms with Crippen LogP contribution in [0.5, 0.6) is 5.75 Å². The van der Waals surface area contributed by atoms with E-state index in [2.05, 4.69) is 46.2 Å². The van der Waals surface area contributed by atoms with Crippen molar-refractivity contribution in [2.24, 2.45) is 0 Å². The van der Waals surface area contributed by atoms with Gasteiger partial charge in [-0.2, -0.15) is 0 Å². The molecule has 5 rings (SSSR count). The zero-order chi connectivity index (χ0) is 21.2. The summed E-state index contributed by atoms with van der Waals surface area (Å²) in [6, 6.07) is 23.2. The minimum Gasteiger partial charge on any atom is -0.493 e. The number of hydrogen-bond acceptors (Lipinski definition) is 4. The largest absolute Gasteiger partial charge is 0.493 e. The first-order valence-electron chi connectivity index (χ1n) is 10.6. The molecule has 0 bridgehead atoms.